The summed E-state index contributed by atoms with van der Waals surface area (Å²) in [5.74, 6) is 0.447. The van der Waals surface area contributed by atoms with E-state index < -0.39 is 0 Å². The fraction of sp³-hybridized carbons (Fsp3) is 0.316. The SMILES string of the molecule is COC(=O)c1cccc(CN2CCN(c3ncccc3C#N)CC2)c1. The van der Waals surface area contributed by atoms with Gasteiger partial charge in [0.05, 0.1) is 18.2 Å². The molecule has 1 aliphatic heterocycles. The van der Waals surface area contributed by atoms with Crippen LogP contribution in [0.2, 0.25) is 0 Å². The number of ether oxygens (including phenoxy) is 1. The maximum atomic E-state index is 11.6. The summed E-state index contributed by atoms with van der Waals surface area (Å²) in [4.78, 5) is 20.5. The van der Waals surface area contributed by atoms with Crippen LogP contribution in [0, 0.1) is 11.3 Å². The third-order valence-electron chi connectivity index (χ3n) is 4.33. The van der Waals surface area contributed by atoms with Crippen LogP contribution in [0.1, 0.15) is 21.5 Å². The minimum atomic E-state index is -0.314. The second-order valence-electron chi connectivity index (χ2n) is 5.94. The van der Waals surface area contributed by atoms with Gasteiger partial charge in [-0.3, -0.25) is 4.90 Å². The molecule has 6 nitrogen and oxygen atoms in total. The van der Waals surface area contributed by atoms with Gasteiger partial charge in [-0.2, -0.15) is 5.26 Å². The highest BCUT2D eigenvalue weighted by atomic mass is 16.5. The van der Waals surface area contributed by atoms with Crippen LogP contribution in [0.4, 0.5) is 5.82 Å². The van der Waals surface area contributed by atoms with Gasteiger partial charge in [-0.25, -0.2) is 9.78 Å². The van der Waals surface area contributed by atoms with Crippen molar-refractivity contribution in [1.82, 2.24) is 9.88 Å². The largest absolute Gasteiger partial charge is 0.465 e. The molecular formula is C19H20N4O2. The van der Waals surface area contributed by atoms with Crippen LogP contribution in [-0.2, 0) is 11.3 Å². The third-order valence-corrected chi connectivity index (χ3v) is 4.33. The van der Waals surface area contributed by atoms with E-state index in [1.165, 1.54) is 7.11 Å². The highest BCUT2D eigenvalue weighted by molar-refractivity contribution is 5.89. The highest BCUT2D eigenvalue weighted by Gasteiger charge is 2.20. The number of carbonyl (C=O) groups is 1. The Kier molecular flexibility index (Phi) is 5.26. The molecule has 1 aliphatic rings. The molecule has 128 valence electrons. The van der Waals surface area contributed by atoms with Crippen molar-refractivity contribution in [3.63, 3.8) is 0 Å². The van der Waals surface area contributed by atoms with Crippen molar-refractivity contribution in [2.45, 2.75) is 6.54 Å². The molecule has 1 aromatic carbocycles. The van der Waals surface area contributed by atoms with Crippen molar-refractivity contribution in [1.29, 1.82) is 5.26 Å². The van der Waals surface area contributed by atoms with E-state index in [4.69, 9.17) is 4.74 Å². The van der Waals surface area contributed by atoms with Gasteiger partial charge in [-0.15, -0.1) is 0 Å². The number of esters is 1. The number of pyridine rings is 1. The predicted octanol–water partition coefficient (Wildman–Crippen LogP) is 2.06. The monoisotopic (exact) mass is 336 g/mol. The Hall–Kier alpha value is -2.91. The second kappa shape index (κ2) is 7.77. The fourth-order valence-corrected chi connectivity index (χ4v) is 3.03. The number of nitrogens with zero attached hydrogens (tertiary/aromatic N) is 4. The van der Waals surface area contributed by atoms with Crippen LogP contribution in [0.3, 0.4) is 0 Å². The maximum Gasteiger partial charge on any atom is 0.337 e. The van der Waals surface area contributed by atoms with Gasteiger partial charge in [0.1, 0.15) is 11.9 Å². The van der Waals surface area contributed by atoms with Gasteiger partial charge in [-0.1, -0.05) is 12.1 Å². The van der Waals surface area contributed by atoms with Crippen molar-refractivity contribution >= 4 is 11.8 Å². The standard InChI is InChI=1S/C19H20N4O2/c1-25-19(24)16-5-2-4-15(12-16)14-22-8-10-23(11-9-22)18-17(13-20)6-3-7-21-18/h2-7,12H,8-11,14H2,1H3. The van der Waals surface area contributed by atoms with Crippen molar-refractivity contribution in [2.75, 3.05) is 38.2 Å². The molecule has 0 atom stereocenters. The van der Waals surface area contributed by atoms with Crippen molar-refractivity contribution in [2.24, 2.45) is 0 Å². The van der Waals surface area contributed by atoms with Gasteiger partial charge < -0.3 is 9.64 Å². The smallest absolute Gasteiger partial charge is 0.337 e. The Balaban J connectivity index is 1.62. The first-order valence-corrected chi connectivity index (χ1v) is 8.21. The molecule has 0 radical (unpaired) electrons. The lowest BCUT2D eigenvalue weighted by atomic mass is 10.1. The first-order valence-electron chi connectivity index (χ1n) is 8.21. The van der Waals surface area contributed by atoms with E-state index in [-0.39, 0.29) is 5.97 Å². The first kappa shape index (κ1) is 16.9. The number of rotatable bonds is 4. The molecule has 1 fully saturated rings. The quantitative estimate of drug-likeness (QED) is 0.796. The van der Waals surface area contributed by atoms with Crippen LogP contribution in [0.15, 0.2) is 42.6 Å². The zero-order valence-electron chi connectivity index (χ0n) is 14.2. The Bertz CT molecular complexity index is 792. The number of methoxy groups -OCH3 is 1. The molecule has 0 amide bonds. The molecule has 1 saturated heterocycles. The lowest BCUT2D eigenvalue weighted by Crippen LogP contribution is -2.46. The summed E-state index contributed by atoms with van der Waals surface area (Å²) in [6.07, 6.45) is 1.72. The predicted molar refractivity (Wildman–Crippen MR) is 94.2 cm³/mol. The van der Waals surface area contributed by atoms with Crippen molar-refractivity contribution in [3.05, 3.63) is 59.3 Å². The summed E-state index contributed by atoms with van der Waals surface area (Å²) in [5, 5.41) is 9.22. The summed E-state index contributed by atoms with van der Waals surface area (Å²) >= 11 is 0. The number of anilines is 1. The van der Waals surface area contributed by atoms with Gasteiger partial charge in [-0.05, 0) is 29.8 Å². The molecule has 2 aromatic rings. The number of hydrogen-bond donors (Lipinski definition) is 0. The molecule has 0 spiro atoms. The lowest BCUT2D eigenvalue weighted by Gasteiger charge is -2.35. The fourth-order valence-electron chi connectivity index (χ4n) is 3.03. The number of carbonyl (C=O) groups excluding carboxylic acids is 1. The first-order chi connectivity index (χ1) is 12.2. The molecule has 0 N–H and O–H groups in total. The Morgan fingerprint density at radius 2 is 2.04 bits per heavy atom. The van der Waals surface area contributed by atoms with Crippen LogP contribution in [0.25, 0.3) is 0 Å². The molecule has 3 rings (SSSR count). The van der Waals surface area contributed by atoms with E-state index in [2.05, 4.69) is 20.9 Å². The number of benzene rings is 1. The number of aromatic nitrogens is 1. The van der Waals surface area contributed by atoms with Crippen LogP contribution >= 0.6 is 0 Å². The molecule has 2 heterocycles. The molecule has 0 bridgehead atoms. The number of hydrogen-bond acceptors (Lipinski definition) is 6. The zero-order valence-corrected chi connectivity index (χ0v) is 14.2. The van der Waals surface area contributed by atoms with Gasteiger partial charge in [0.2, 0.25) is 0 Å². The summed E-state index contributed by atoms with van der Waals surface area (Å²) in [6.45, 7) is 4.19. The molecule has 1 aromatic heterocycles. The van der Waals surface area contributed by atoms with E-state index in [9.17, 15) is 10.1 Å². The minimum absolute atomic E-state index is 0.314. The molecular weight excluding hydrogens is 316 g/mol. The number of nitriles is 1. The van der Waals surface area contributed by atoms with E-state index in [1.54, 1.807) is 24.4 Å². The maximum absolute atomic E-state index is 11.6. The normalized spacial score (nSPS) is 14.8. The zero-order chi connectivity index (χ0) is 17.6. The highest BCUT2D eigenvalue weighted by Crippen LogP contribution is 2.19. The molecule has 0 unspecified atom stereocenters. The van der Waals surface area contributed by atoms with E-state index >= 15 is 0 Å². The summed E-state index contributed by atoms with van der Waals surface area (Å²) in [6, 6.07) is 13.3. The number of piperazine rings is 1. The van der Waals surface area contributed by atoms with Crippen LogP contribution in [0.5, 0.6) is 0 Å². The third kappa shape index (κ3) is 3.95. The molecule has 25 heavy (non-hydrogen) atoms. The minimum Gasteiger partial charge on any atom is -0.465 e. The summed E-state index contributed by atoms with van der Waals surface area (Å²) in [5.41, 5.74) is 2.28. The average molecular weight is 336 g/mol. The summed E-state index contributed by atoms with van der Waals surface area (Å²) < 4.78 is 4.77. The lowest BCUT2D eigenvalue weighted by molar-refractivity contribution is 0.0600. The topological polar surface area (TPSA) is 69.5 Å². The van der Waals surface area contributed by atoms with Crippen molar-refractivity contribution in [3.8, 4) is 6.07 Å². The Morgan fingerprint density at radius 3 is 2.76 bits per heavy atom. The Morgan fingerprint density at radius 1 is 1.24 bits per heavy atom. The van der Waals surface area contributed by atoms with E-state index in [1.807, 2.05) is 18.2 Å². The van der Waals surface area contributed by atoms with E-state index in [0.717, 1.165) is 44.1 Å². The van der Waals surface area contributed by atoms with Gasteiger partial charge in [0, 0.05) is 38.9 Å². The van der Waals surface area contributed by atoms with Gasteiger partial charge in [0.25, 0.3) is 0 Å². The molecule has 0 saturated carbocycles. The molecule has 6 heteroatoms. The van der Waals surface area contributed by atoms with Gasteiger partial charge in [0.15, 0.2) is 0 Å². The van der Waals surface area contributed by atoms with Crippen molar-refractivity contribution < 1.29 is 9.53 Å². The molecule has 0 aliphatic carbocycles. The van der Waals surface area contributed by atoms with Crippen LogP contribution in [-0.4, -0.2) is 49.1 Å². The second-order valence-corrected chi connectivity index (χ2v) is 5.94. The summed E-state index contributed by atoms with van der Waals surface area (Å²) in [7, 11) is 1.39. The average Bonchev–Trinajstić information content (AvgIpc) is 2.68. The van der Waals surface area contributed by atoms with E-state index in [0.29, 0.717) is 11.1 Å². The Labute approximate surface area is 147 Å². The van der Waals surface area contributed by atoms with Crippen LogP contribution < -0.4 is 4.90 Å². The van der Waals surface area contributed by atoms with Gasteiger partial charge >= 0.3 is 5.97 Å².